The predicted molar refractivity (Wildman–Crippen MR) is 94.2 cm³/mol. The second-order valence-electron chi connectivity index (χ2n) is 6.82. The van der Waals surface area contributed by atoms with Gasteiger partial charge in [0.05, 0.1) is 6.54 Å². The lowest BCUT2D eigenvalue weighted by molar-refractivity contribution is -0.130. The fourth-order valence-corrected chi connectivity index (χ4v) is 3.22. The molecule has 1 fully saturated rings. The number of nitrogens with zero attached hydrogens (tertiary/aromatic N) is 2. The van der Waals surface area contributed by atoms with Crippen LogP contribution in [0.4, 0.5) is 9.18 Å². The largest absolute Gasteiger partial charge is 0.352 e. The maximum Gasteiger partial charge on any atom is 0.312 e. The van der Waals surface area contributed by atoms with Crippen molar-refractivity contribution in [3.63, 3.8) is 0 Å². The summed E-state index contributed by atoms with van der Waals surface area (Å²) in [5.41, 5.74) is 6.10. The van der Waals surface area contributed by atoms with Gasteiger partial charge in [0.25, 0.3) is 0 Å². The molecule has 7 heteroatoms. The summed E-state index contributed by atoms with van der Waals surface area (Å²) >= 11 is 0. The quantitative estimate of drug-likeness (QED) is 0.846. The van der Waals surface area contributed by atoms with Crippen LogP contribution in [-0.2, 0) is 11.3 Å². The third-order valence-corrected chi connectivity index (χ3v) is 4.58. The van der Waals surface area contributed by atoms with Crippen molar-refractivity contribution >= 4 is 11.9 Å². The van der Waals surface area contributed by atoms with E-state index in [2.05, 4.69) is 24.1 Å². The number of hydrogen-bond acceptors (Lipinski definition) is 3. The third-order valence-electron chi connectivity index (χ3n) is 4.58. The van der Waals surface area contributed by atoms with E-state index in [1.165, 1.54) is 12.1 Å². The lowest BCUT2D eigenvalue weighted by Crippen LogP contribution is -2.48. The third kappa shape index (κ3) is 5.70. The van der Waals surface area contributed by atoms with E-state index in [-0.39, 0.29) is 24.3 Å². The molecule has 0 aliphatic carbocycles. The second kappa shape index (κ2) is 8.80. The van der Waals surface area contributed by atoms with Crippen LogP contribution in [0.15, 0.2) is 24.3 Å². The summed E-state index contributed by atoms with van der Waals surface area (Å²) in [4.78, 5) is 27.3. The molecule has 1 saturated heterocycles. The zero-order valence-corrected chi connectivity index (χ0v) is 14.9. The summed E-state index contributed by atoms with van der Waals surface area (Å²) < 4.78 is 13.1. The van der Waals surface area contributed by atoms with Crippen molar-refractivity contribution in [3.8, 4) is 0 Å². The minimum atomic E-state index is -0.693. The Balaban J connectivity index is 2.05. The molecule has 0 radical (unpaired) electrons. The molecular weight excluding hydrogens is 323 g/mol. The van der Waals surface area contributed by atoms with E-state index < -0.39 is 6.03 Å². The van der Waals surface area contributed by atoms with Gasteiger partial charge in [-0.25, -0.2) is 9.18 Å². The first kappa shape index (κ1) is 19.2. The highest BCUT2D eigenvalue weighted by molar-refractivity contribution is 5.83. The molecule has 138 valence electrons. The van der Waals surface area contributed by atoms with Crippen LogP contribution in [0.2, 0.25) is 0 Å². The number of carbonyl (C=O) groups excluding carboxylic acids is 2. The van der Waals surface area contributed by atoms with Gasteiger partial charge in [-0.2, -0.15) is 0 Å². The summed E-state index contributed by atoms with van der Waals surface area (Å²) in [5.74, 6) is 0.00442. The van der Waals surface area contributed by atoms with Crippen molar-refractivity contribution in [3.05, 3.63) is 35.6 Å². The molecule has 1 aliphatic rings. The van der Waals surface area contributed by atoms with Crippen LogP contribution in [0, 0.1) is 11.7 Å². The molecule has 1 atom stereocenters. The Labute approximate surface area is 148 Å². The summed E-state index contributed by atoms with van der Waals surface area (Å²) in [6, 6.07) is 6.06. The highest BCUT2D eigenvalue weighted by Crippen LogP contribution is 2.20. The number of urea groups is 1. The first-order valence-corrected chi connectivity index (χ1v) is 8.66. The average Bonchev–Trinajstić information content (AvgIpc) is 2.77. The molecule has 25 heavy (non-hydrogen) atoms. The molecule has 0 spiro atoms. The van der Waals surface area contributed by atoms with Gasteiger partial charge in [-0.15, -0.1) is 0 Å². The number of primary amides is 1. The summed E-state index contributed by atoms with van der Waals surface area (Å²) in [6.07, 6.45) is 0.854. The van der Waals surface area contributed by atoms with E-state index in [9.17, 15) is 14.0 Å². The van der Waals surface area contributed by atoms with Crippen LogP contribution in [0.5, 0.6) is 0 Å². The summed E-state index contributed by atoms with van der Waals surface area (Å²) in [7, 11) is 0. The van der Waals surface area contributed by atoms with Crippen LogP contribution in [0.3, 0.4) is 0 Å². The van der Waals surface area contributed by atoms with Gasteiger partial charge in [-0.1, -0.05) is 26.0 Å². The van der Waals surface area contributed by atoms with Gasteiger partial charge in [0.1, 0.15) is 5.82 Å². The molecule has 1 aromatic carbocycles. The molecule has 6 nitrogen and oxygen atoms in total. The smallest absolute Gasteiger partial charge is 0.312 e. The van der Waals surface area contributed by atoms with Crippen molar-refractivity contribution in [2.75, 3.05) is 26.2 Å². The lowest BCUT2D eigenvalue weighted by Gasteiger charge is -2.34. The van der Waals surface area contributed by atoms with Crippen molar-refractivity contribution in [2.45, 2.75) is 32.9 Å². The Morgan fingerprint density at radius 3 is 2.56 bits per heavy atom. The minimum absolute atomic E-state index is 0.0713. The van der Waals surface area contributed by atoms with Crippen LogP contribution in [0.25, 0.3) is 0 Å². The van der Waals surface area contributed by atoms with Crippen molar-refractivity contribution in [1.82, 2.24) is 15.1 Å². The second-order valence-corrected chi connectivity index (χ2v) is 6.82. The zero-order valence-electron chi connectivity index (χ0n) is 14.9. The number of amides is 3. The van der Waals surface area contributed by atoms with Crippen LogP contribution in [-0.4, -0.2) is 54.0 Å². The molecule has 3 N–H and O–H groups in total. The van der Waals surface area contributed by atoms with Crippen molar-refractivity contribution in [1.29, 1.82) is 0 Å². The van der Waals surface area contributed by atoms with Gasteiger partial charge < -0.3 is 16.0 Å². The van der Waals surface area contributed by atoms with Crippen LogP contribution < -0.4 is 11.1 Å². The first-order valence-electron chi connectivity index (χ1n) is 8.66. The minimum Gasteiger partial charge on any atom is -0.352 e. The Hall–Kier alpha value is -2.15. The molecule has 2 rings (SSSR count). The van der Waals surface area contributed by atoms with E-state index in [0.717, 1.165) is 25.1 Å². The summed E-state index contributed by atoms with van der Waals surface area (Å²) in [6.45, 7) is 7.06. The zero-order chi connectivity index (χ0) is 18.4. The Kier molecular flexibility index (Phi) is 6.75. The predicted octanol–water partition coefficient (Wildman–Crippen LogP) is 1.55. The fourth-order valence-electron chi connectivity index (χ4n) is 3.22. The number of nitrogens with one attached hydrogen (secondary N) is 1. The Morgan fingerprint density at radius 2 is 1.96 bits per heavy atom. The van der Waals surface area contributed by atoms with E-state index in [4.69, 9.17) is 5.73 Å². The summed E-state index contributed by atoms with van der Waals surface area (Å²) in [5, 5.41) is 2.36. The SMILES string of the molecule is CC(C)C1CN(C(=O)CNC(N)=O)CCCN1Cc1ccc(F)cc1. The van der Waals surface area contributed by atoms with Gasteiger partial charge in [0.2, 0.25) is 5.91 Å². The highest BCUT2D eigenvalue weighted by Gasteiger charge is 2.29. The van der Waals surface area contributed by atoms with Gasteiger partial charge in [0, 0.05) is 32.2 Å². The molecule has 0 aromatic heterocycles. The number of benzene rings is 1. The fraction of sp³-hybridized carbons (Fsp3) is 0.556. The number of rotatable bonds is 5. The van der Waals surface area contributed by atoms with E-state index in [0.29, 0.717) is 19.0 Å². The van der Waals surface area contributed by atoms with Crippen molar-refractivity contribution in [2.24, 2.45) is 11.7 Å². The van der Waals surface area contributed by atoms with E-state index in [1.807, 2.05) is 0 Å². The number of hydrogen-bond donors (Lipinski definition) is 2. The van der Waals surface area contributed by atoms with Gasteiger partial charge >= 0.3 is 6.03 Å². The van der Waals surface area contributed by atoms with E-state index in [1.54, 1.807) is 17.0 Å². The molecule has 0 bridgehead atoms. The number of nitrogens with two attached hydrogens (primary N) is 1. The van der Waals surface area contributed by atoms with Crippen LogP contribution in [0.1, 0.15) is 25.8 Å². The Morgan fingerprint density at radius 1 is 1.28 bits per heavy atom. The van der Waals surface area contributed by atoms with Gasteiger partial charge in [-0.3, -0.25) is 9.69 Å². The maximum atomic E-state index is 13.1. The number of carbonyl (C=O) groups is 2. The molecule has 3 amide bonds. The molecule has 1 heterocycles. The molecule has 1 unspecified atom stereocenters. The van der Waals surface area contributed by atoms with Gasteiger partial charge in [-0.05, 0) is 30.0 Å². The molecule has 1 aliphatic heterocycles. The lowest BCUT2D eigenvalue weighted by atomic mass is 10.0. The topological polar surface area (TPSA) is 78.7 Å². The van der Waals surface area contributed by atoms with Crippen LogP contribution >= 0.6 is 0 Å². The monoisotopic (exact) mass is 350 g/mol. The first-order chi connectivity index (χ1) is 11.9. The highest BCUT2D eigenvalue weighted by atomic mass is 19.1. The average molecular weight is 350 g/mol. The number of halogens is 1. The maximum absolute atomic E-state index is 13.1. The normalized spacial score (nSPS) is 18.9. The van der Waals surface area contributed by atoms with Gasteiger partial charge in [0.15, 0.2) is 0 Å². The van der Waals surface area contributed by atoms with E-state index >= 15 is 0 Å². The standard InChI is InChI=1S/C18H27FN4O2/c1-13(2)16-12-23(17(24)10-21-18(20)25)9-3-8-22(16)11-14-4-6-15(19)7-5-14/h4-7,13,16H,3,8-12H2,1-2H3,(H3,20,21,25). The Bertz CT molecular complexity index is 591. The molecular formula is C18H27FN4O2. The molecule has 1 aromatic rings. The van der Waals surface area contributed by atoms with Crippen molar-refractivity contribution < 1.29 is 14.0 Å². The molecule has 0 saturated carbocycles.